The summed E-state index contributed by atoms with van der Waals surface area (Å²) in [5.41, 5.74) is 0. The molecule has 0 fully saturated rings. The average molecular weight is 198 g/mol. The maximum Gasteiger partial charge on any atom is 0.312 e. The number of fused-ring (bicyclic) bond motifs is 1. The number of carboxylic acids is 1. The van der Waals surface area contributed by atoms with Gasteiger partial charge in [-0.3, -0.25) is 4.79 Å². The van der Waals surface area contributed by atoms with Crippen molar-refractivity contribution in [3.05, 3.63) is 9.88 Å². The largest absolute Gasteiger partial charge is 0.481 e. The third-order valence-electron chi connectivity index (χ3n) is 2.10. The molecule has 1 unspecified atom stereocenters. The van der Waals surface area contributed by atoms with E-state index in [1.807, 2.05) is 6.92 Å². The first-order valence-electron chi connectivity index (χ1n) is 4.12. The molecule has 2 N–H and O–H groups in total. The van der Waals surface area contributed by atoms with Crippen LogP contribution in [-0.2, 0) is 4.79 Å². The number of carboxylic acid groups (broad SMARTS) is 1. The Labute approximate surface area is 79.6 Å². The second kappa shape index (κ2) is 2.99. The van der Waals surface area contributed by atoms with Gasteiger partial charge in [0, 0.05) is 6.54 Å². The summed E-state index contributed by atoms with van der Waals surface area (Å²) in [6.07, 6.45) is 0.657. The van der Waals surface area contributed by atoms with Crippen LogP contribution < -0.4 is 5.32 Å². The van der Waals surface area contributed by atoms with Crippen LogP contribution in [0.1, 0.15) is 22.2 Å². The van der Waals surface area contributed by atoms with Crippen molar-refractivity contribution in [2.75, 3.05) is 11.9 Å². The number of thiazole rings is 1. The predicted molar refractivity (Wildman–Crippen MR) is 50.3 cm³/mol. The highest BCUT2D eigenvalue weighted by Gasteiger charge is 2.28. The molecule has 1 aromatic rings. The highest BCUT2D eigenvalue weighted by Crippen LogP contribution is 2.35. The molecule has 0 amide bonds. The zero-order valence-electron chi connectivity index (χ0n) is 7.20. The van der Waals surface area contributed by atoms with Crippen molar-refractivity contribution in [2.24, 2.45) is 0 Å². The van der Waals surface area contributed by atoms with Crippen molar-refractivity contribution in [3.8, 4) is 0 Å². The average Bonchev–Trinajstić information content (AvgIpc) is 2.43. The van der Waals surface area contributed by atoms with Gasteiger partial charge in [-0.1, -0.05) is 0 Å². The molecule has 1 aromatic heterocycles. The molecule has 4 nitrogen and oxygen atoms in total. The highest BCUT2D eigenvalue weighted by atomic mass is 32.1. The summed E-state index contributed by atoms with van der Waals surface area (Å²) in [6, 6.07) is 0. The second-order valence-electron chi connectivity index (χ2n) is 3.05. The fraction of sp³-hybridized carbons (Fsp3) is 0.500. The molecule has 1 aliphatic rings. The maximum atomic E-state index is 10.9. The Bertz CT molecular complexity index is 348. The SMILES string of the molecule is Cc1nc2c(s1)C(C(=O)O)CCN2. The third-order valence-corrected chi connectivity index (χ3v) is 3.18. The Hall–Kier alpha value is -1.10. The molecular formula is C8H10N2O2S. The molecule has 0 aromatic carbocycles. The molecule has 0 aliphatic carbocycles. The minimum atomic E-state index is -0.744. The lowest BCUT2D eigenvalue weighted by atomic mass is 10.0. The number of aromatic nitrogens is 1. The fourth-order valence-electron chi connectivity index (χ4n) is 1.51. The first-order valence-corrected chi connectivity index (χ1v) is 4.94. The van der Waals surface area contributed by atoms with Crippen LogP contribution in [-0.4, -0.2) is 22.6 Å². The number of hydrogen-bond acceptors (Lipinski definition) is 4. The normalized spacial score (nSPS) is 20.5. The summed E-state index contributed by atoms with van der Waals surface area (Å²) in [5, 5.41) is 13.0. The lowest BCUT2D eigenvalue weighted by molar-refractivity contribution is -0.138. The van der Waals surface area contributed by atoms with Crippen LogP contribution in [0.5, 0.6) is 0 Å². The van der Waals surface area contributed by atoms with E-state index in [0.29, 0.717) is 13.0 Å². The molecule has 0 radical (unpaired) electrons. The lowest BCUT2D eigenvalue weighted by Gasteiger charge is -2.18. The van der Waals surface area contributed by atoms with Gasteiger partial charge < -0.3 is 10.4 Å². The van der Waals surface area contributed by atoms with E-state index < -0.39 is 5.97 Å². The third kappa shape index (κ3) is 1.39. The van der Waals surface area contributed by atoms with E-state index in [9.17, 15) is 4.79 Å². The van der Waals surface area contributed by atoms with Crippen molar-refractivity contribution < 1.29 is 9.90 Å². The summed E-state index contributed by atoms with van der Waals surface area (Å²) in [4.78, 5) is 16.0. The smallest absolute Gasteiger partial charge is 0.312 e. The molecule has 0 saturated carbocycles. The fourth-order valence-corrected chi connectivity index (χ4v) is 2.54. The molecule has 2 rings (SSSR count). The molecule has 13 heavy (non-hydrogen) atoms. The summed E-state index contributed by atoms with van der Waals surface area (Å²) in [5.74, 6) is -0.338. The number of hydrogen-bond donors (Lipinski definition) is 2. The molecule has 1 aliphatic heterocycles. The van der Waals surface area contributed by atoms with Crippen LogP contribution in [0.3, 0.4) is 0 Å². The number of aryl methyl sites for hydroxylation is 1. The van der Waals surface area contributed by atoms with E-state index in [1.54, 1.807) is 0 Å². The van der Waals surface area contributed by atoms with Gasteiger partial charge in [0.1, 0.15) is 5.82 Å². The minimum absolute atomic E-state index is 0.359. The lowest BCUT2D eigenvalue weighted by Crippen LogP contribution is -2.21. The molecule has 1 atom stereocenters. The first-order chi connectivity index (χ1) is 6.18. The number of anilines is 1. The van der Waals surface area contributed by atoms with E-state index in [0.717, 1.165) is 15.7 Å². The molecule has 2 heterocycles. The topological polar surface area (TPSA) is 62.2 Å². The zero-order chi connectivity index (χ0) is 9.42. The van der Waals surface area contributed by atoms with Crippen molar-refractivity contribution in [2.45, 2.75) is 19.3 Å². The molecule has 0 bridgehead atoms. The second-order valence-corrected chi connectivity index (χ2v) is 4.29. The number of aliphatic carboxylic acids is 1. The molecule has 0 spiro atoms. The Kier molecular flexibility index (Phi) is 1.95. The molecule has 0 saturated heterocycles. The Morgan fingerprint density at radius 3 is 3.23 bits per heavy atom. The Morgan fingerprint density at radius 2 is 2.54 bits per heavy atom. The monoisotopic (exact) mass is 198 g/mol. The Balaban J connectivity index is 2.41. The number of nitrogens with zero attached hydrogens (tertiary/aromatic N) is 1. The van der Waals surface area contributed by atoms with Crippen LogP contribution in [0.4, 0.5) is 5.82 Å². The summed E-state index contributed by atoms with van der Waals surface area (Å²) < 4.78 is 0. The van der Waals surface area contributed by atoms with Gasteiger partial charge in [-0.2, -0.15) is 0 Å². The summed E-state index contributed by atoms with van der Waals surface area (Å²) >= 11 is 1.47. The van der Waals surface area contributed by atoms with Crippen molar-refractivity contribution in [3.63, 3.8) is 0 Å². The van der Waals surface area contributed by atoms with Crippen molar-refractivity contribution in [1.29, 1.82) is 0 Å². The van der Waals surface area contributed by atoms with Gasteiger partial charge >= 0.3 is 5.97 Å². The number of nitrogens with one attached hydrogen (secondary N) is 1. The Morgan fingerprint density at radius 1 is 1.77 bits per heavy atom. The van der Waals surface area contributed by atoms with Crippen LogP contribution in [0.15, 0.2) is 0 Å². The summed E-state index contributed by atoms with van der Waals surface area (Å²) in [7, 11) is 0. The van der Waals surface area contributed by atoms with Gasteiger partial charge in [-0.25, -0.2) is 4.98 Å². The van der Waals surface area contributed by atoms with E-state index in [2.05, 4.69) is 10.3 Å². The molecule has 70 valence electrons. The molecular weight excluding hydrogens is 188 g/mol. The predicted octanol–water partition coefficient (Wildman–Crippen LogP) is 1.44. The first kappa shape index (κ1) is 8.50. The standard InChI is InChI=1S/C8H10N2O2S/c1-4-10-7-6(13-4)5(8(11)12)2-3-9-7/h5,9H,2-3H2,1H3,(H,11,12). The van der Waals surface area contributed by atoms with Crippen LogP contribution in [0.25, 0.3) is 0 Å². The van der Waals surface area contributed by atoms with Gasteiger partial charge in [0.05, 0.1) is 15.8 Å². The number of rotatable bonds is 1. The van der Waals surface area contributed by atoms with E-state index in [-0.39, 0.29) is 5.92 Å². The summed E-state index contributed by atoms with van der Waals surface area (Å²) in [6.45, 7) is 2.59. The van der Waals surface area contributed by atoms with Gasteiger partial charge in [0.25, 0.3) is 0 Å². The van der Waals surface area contributed by atoms with Crippen LogP contribution in [0, 0.1) is 6.92 Å². The van der Waals surface area contributed by atoms with Gasteiger partial charge in [0.15, 0.2) is 0 Å². The highest BCUT2D eigenvalue weighted by molar-refractivity contribution is 7.12. The number of carbonyl (C=O) groups is 1. The van der Waals surface area contributed by atoms with Gasteiger partial charge in [0.2, 0.25) is 0 Å². The van der Waals surface area contributed by atoms with Crippen LogP contribution >= 0.6 is 11.3 Å². The maximum absolute atomic E-state index is 10.9. The van der Waals surface area contributed by atoms with Crippen molar-refractivity contribution in [1.82, 2.24) is 4.98 Å². The minimum Gasteiger partial charge on any atom is -0.481 e. The van der Waals surface area contributed by atoms with E-state index >= 15 is 0 Å². The van der Waals surface area contributed by atoms with Crippen molar-refractivity contribution >= 4 is 23.1 Å². The molecule has 5 heteroatoms. The van der Waals surface area contributed by atoms with Gasteiger partial charge in [-0.15, -0.1) is 11.3 Å². The van der Waals surface area contributed by atoms with Crippen LogP contribution in [0.2, 0.25) is 0 Å². The van der Waals surface area contributed by atoms with E-state index in [4.69, 9.17) is 5.11 Å². The quantitative estimate of drug-likeness (QED) is 0.716. The van der Waals surface area contributed by atoms with Gasteiger partial charge in [-0.05, 0) is 13.3 Å². The zero-order valence-corrected chi connectivity index (χ0v) is 8.02. The van der Waals surface area contributed by atoms with E-state index in [1.165, 1.54) is 11.3 Å².